The topological polar surface area (TPSA) is 94.8 Å². The molecule has 0 unspecified atom stereocenters. The van der Waals surface area contributed by atoms with Crippen LogP contribution < -0.4 is 5.32 Å². The number of halogens is 4. The lowest BCUT2D eigenvalue weighted by Crippen LogP contribution is -2.07. The number of carbonyl (C=O) groups is 1. The summed E-state index contributed by atoms with van der Waals surface area (Å²) in [5.41, 5.74) is 1.76. The molecule has 3 aromatic heterocycles. The minimum absolute atomic E-state index is 0.0527. The number of nitrogens with zero attached hydrogens (tertiary/aromatic N) is 5. The van der Waals surface area contributed by atoms with Gasteiger partial charge in [-0.2, -0.15) is 4.98 Å². The maximum atomic E-state index is 13.5. The average molecular weight is 508 g/mol. The van der Waals surface area contributed by atoms with Crippen LogP contribution in [0.3, 0.4) is 0 Å². The van der Waals surface area contributed by atoms with Crippen molar-refractivity contribution in [3.63, 3.8) is 0 Å². The fraction of sp³-hybridized carbons (Fsp3) is 0.0952. The summed E-state index contributed by atoms with van der Waals surface area (Å²) in [5.74, 6) is -0.572. The lowest BCUT2D eigenvalue weighted by Gasteiger charge is -2.13. The van der Waals surface area contributed by atoms with E-state index in [4.69, 9.17) is 39.5 Å². The van der Waals surface area contributed by atoms with Crippen molar-refractivity contribution in [2.75, 3.05) is 11.9 Å². The second kappa shape index (κ2) is 9.70. The number of aromatic nitrogens is 5. The molecule has 12 heteroatoms. The highest BCUT2D eigenvalue weighted by molar-refractivity contribution is 6.40. The minimum Gasteiger partial charge on any atom is -0.462 e. The Morgan fingerprint density at radius 3 is 2.67 bits per heavy atom. The predicted octanol–water partition coefficient (Wildman–Crippen LogP) is 5.74. The standard InChI is InChI=1S/C21H14Cl3FN6O2/c1-2-33-20(32)12-5-11(7-26-8-12)14-9-27-21(29-13-3-4-16(25)15(22)6-13)30-19(14)31-10-28-17(23)18(31)24/h3-10H,2H2,1H3,(H,27,29,30). The van der Waals surface area contributed by atoms with E-state index >= 15 is 0 Å². The van der Waals surface area contributed by atoms with E-state index < -0.39 is 11.8 Å². The van der Waals surface area contributed by atoms with E-state index in [0.717, 1.165) is 0 Å². The first kappa shape index (κ1) is 22.9. The molecule has 0 radical (unpaired) electrons. The molecule has 0 atom stereocenters. The Morgan fingerprint density at radius 1 is 1.15 bits per heavy atom. The summed E-state index contributed by atoms with van der Waals surface area (Å²) in [5, 5.41) is 3.12. The largest absolute Gasteiger partial charge is 0.462 e. The van der Waals surface area contributed by atoms with Crippen LogP contribution in [0.4, 0.5) is 16.0 Å². The van der Waals surface area contributed by atoms with E-state index in [9.17, 15) is 9.18 Å². The van der Waals surface area contributed by atoms with Crippen LogP contribution in [0.15, 0.2) is 49.2 Å². The van der Waals surface area contributed by atoms with Crippen molar-refractivity contribution < 1.29 is 13.9 Å². The zero-order chi connectivity index (χ0) is 23.5. The number of anilines is 2. The van der Waals surface area contributed by atoms with Gasteiger partial charge in [-0.15, -0.1) is 0 Å². The van der Waals surface area contributed by atoms with E-state index in [1.165, 1.54) is 41.5 Å². The summed E-state index contributed by atoms with van der Waals surface area (Å²) < 4.78 is 20.0. The molecule has 0 saturated carbocycles. The van der Waals surface area contributed by atoms with Crippen LogP contribution in [0.1, 0.15) is 17.3 Å². The second-order valence-electron chi connectivity index (χ2n) is 6.56. The third-order valence-electron chi connectivity index (χ3n) is 4.40. The Hall–Kier alpha value is -3.27. The summed E-state index contributed by atoms with van der Waals surface area (Å²) in [7, 11) is 0. The SMILES string of the molecule is CCOC(=O)c1cncc(-c2cnc(Nc3ccc(F)c(Cl)c3)nc2-n2cnc(Cl)c2Cl)c1. The molecule has 0 amide bonds. The fourth-order valence-electron chi connectivity index (χ4n) is 2.90. The summed E-state index contributed by atoms with van der Waals surface area (Å²) in [6.07, 6.45) is 5.87. The first-order valence-corrected chi connectivity index (χ1v) is 10.6. The summed E-state index contributed by atoms with van der Waals surface area (Å²) in [6.45, 7) is 1.94. The maximum absolute atomic E-state index is 13.5. The van der Waals surface area contributed by atoms with Gasteiger partial charge in [-0.3, -0.25) is 9.55 Å². The van der Waals surface area contributed by atoms with Gasteiger partial charge in [0, 0.05) is 35.4 Å². The first-order valence-electron chi connectivity index (χ1n) is 9.47. The lowest BCUT2D eigenvalue weighted by atomic mass is 10.1. The number of carbonyl (C=O) groups excluding carboxylic acids is 1. The van der Waals surface area contributed by atoms with E-state index in [1.807, 2.05) is 0 Å². The molecule has 0 aliphatic rings. The van der Waals surface area contributed by atoms with Crippen molar-refractivity contribution in [1.29, 1.82) is 0 Å². The highest BCUT2D eigenvalue weighted by Gasteiger charge is 2.18. The van der Waals surface area contributed by atoms with Crippen molar-refractivity contribution in [3.8, 4) is 16.9 Å². The molecule has 33 heavy (non-hydrogen) atoms. The molecule has 0 bridgehead atoms. The zero-order valence-corrected chi connectivity index (χ0v) is 19.2. The third-order valence-corrected chi connectivity index (χ3v) is 5.43. The lowest BCUT2D eigenvalue weighted by molar-refractivity contribution is 0.0526. The number of rotatable bonds is 6. The van der Waals surface area contributed by atoms with Crippen LogP contribution in [0.25, 0.3) is 16.9 Å². The smallest absolute Gasteiger partial charge is 0.339 e. The highest BCUT2D eigenvalue weighted by atomic mass is 35.5. The van der Waals surface area contributed by atoms with Gasteiger partial charge in [0.1, 0.15) is 12.1 Å². The fourth-order valence-corrected chi connectivity index (χ4v) is 3.38. The van der Waals surface area contributed by atoms with Crippen molar-refractivity contribution in [2.24, 2.45) is 0 Å². The van der Waals surface area contributed by atoms with Crippen molar-refractivity contribution >= 4 is 52.4 Å². The van der Waals surface area contributed by atoms with Gasteiger partial charge in [0.15, 0.2) is 16.1 Å². The maximum Gasteiger partial charge on any atom is 0.339 e. The minimum atomic E-state index is -0.548. The number of imidazole rings is 1. The van der Waals surface area contributed by atoms with E-state index in [2.05, 4.69) is 25.3 Å². The van der Waals surface area contributed by atoms with E-state index in [0.29, 0.717) is 22.6 Å². The van der Waals surface area contributed by atoms with Crippen LogP contribution in [-0.2, 0) is 4.74 Å². The Kier molecular flexibility index (Phi) is 6.73. The highest BCUT2D eigenvalue weighted by Crippen LogP contribution is 2.31. The average Bonchev–Trinajstić information content (AvgIpc) is 3.14. The molecule has 0 aliphatic heterocycles. The van der Waals surface area contributed by atoms with Crippen LogP contribution >= 0.6 is 34.8 Å². The molecule has 0 aliphatic carbocycles. The van der Waals surface area contributed by atoms with Gasteiger partial charge >= 0.3 is 5.97 Å². The van der Waals surface area contributed by atoms with Gasteiger partial charge in [-0.1, -0.05) is 34.8 Å². The number of hydrogen-bond donors (Lipinski definition) is 1. The monoisotopic (exact) mass is 506 g/mol. The number of pyridine rings is 1. The van der Waals surface area contributed by atoms with Crippen molar-refractivity contribution in [1.82, 2.24) is 24.5 Å². The zero-order valence-electron chi connectivity index (χ0n) is 16.9. The molecular weight excluding hydrogens is 494 g/mol. The van der Waals surface area contributed by atoms with Crippen molar-refractivity contribution in [2.45, 2.75) is 6.92 Å². The van der Waals surface area contributed by atoms with Gasteiger partial charge in [0.25, 0.3) is 0 Å². The quantitative estimate of drug-likeness (QED) is 0.332. The molecule has 3 heterocycles. The van der Waals surface area contributed by atoms with Gasteiger partial charge in [0.2, 0.25) is 5.95 Å². The van der Waals surface area contributed by atoms with E-state index in [1.54, 1.807) is 19.2 Å². The molecule has 8 nitrogen and oxygen atoms in total. The summed E-state index contributed by atoms with van der Waals surface area (Å²) >= 11 is 18.2. The number of nitrogens with one attached hydrogen (secondary N) is 1. The Balaban J connectivity index is 1.80. The number of ether oxygens (including phenoxy) is 1. The molecule has 1 N–H and O–H groups in total. The Morgan fingerprint density at radius 2 is 1.97 bits per heavy atom. The van der Waals surface area contributed by atoms with Crippen LogP contribution in [0.5, 0.6) is 0 Å². The molecule has 1 aromatic carbocycles. The van der Waals surface area contributed by atoms with Crippen LogP contribution in [0.2, 0.25) is 15.3 Å². The Bertz CT molecular complexity index is 1350. The van der Waals surface area contributed by atoms with Crippen LogP contribution in [-0.4, -0.2) is 37.1 Å². The molecule has 0 spiro atoms. The number of esters is 1. The molecule has 4 rings (SSSR count). The molecule has 168 valence electrons. The molecule has 0 saturated heterocycles. The van der Waals surface area contributed by atoms with Gasteiger partial charge in [-0.25, -0.2) is 19.2 Å². The normalized spacial score (nSPS) is 10.8. The van der Waals surface area contributed by atoms with Gasteiger partial charge in [0.05, 0.1) is 17.2 Å². The van der Waals surface area contributed by atoms with Gasteiger partial charge in [-0.05, 0) is 31.2 Å². The Labute approximate surface area is 202 Å². The second-order valence-corrected chi connectivity index (χ2v) is 7.69. The van der Waals surface area contributed by atoms with Crippen molar-refractivity contribution in [3.05, 3.63) is 75.9 Å². The summed E-state index contributed by atoms with van der Waals surface area (Å²) in [6, 6.07) is 5.72. The predicted molar refractivity (Wildman–Crippen MR) is 123 cm³/mol. The van der Waals surface area contributed by atoms with Gasteiger partial charge < -0.3 is 10.1 Å². The molecule has 4 aromatic rings. The third kappa shape index (κ3) is 4.90. The summed E-state index contributed by atoms with van der Waals surface area (Å²) in [4.78, 5) is 29.1. The first-order chi connectivity index (χ1) is 15.9. The van der Waals surface area contributed by atoms with Crippen LogP contribution in [0, 0.1) is 5.82 Å². The molecular formula is C21H14Cl3FN6O2. The number of benzene rings is 1. The number of hydrogen-bond acceptors (Lipinski definition) is 7. The van der Waals surface area contributed by atoms with E-state index in [-0.39, 0.29) is 33.4 Å². The molecule has 0 fully saturated rings.